The Morgan fingerprint density at radius 1 is 1.11 bits per heavy atom. The van der Waals surface area contributed by atoms with E-state index in [1.807, 2.05) is 60.0 Å². The Morgan fingerprint density at radius 2 is 1.96 bits per heavy atom. The summed E-state index contributed by atoms with van der Waals surface area (Å²) in [6.07, 6.45) is 1.97. The van der Waals surface area contributed by atoms with Gasteiger partial charge in [-0.05, 0) is 43.3 Å². The lowest BCUT2D eigenvalue weighted by Crippen LogP contribution is -1.99. The minimum absolute atomic E-state index is 0.376. The number of hydrogen-bond acceptors (Lipinski definition) is 6. The molecule has 4 heterocycles. The van der Waals surface area contributed by atoms with Crippen LogP contribution in [0.4, 0.5) is 0 Å². The molecule has 0 N–H and O–H groups in total. The summed E-state index contributed by atoms with van der Waals surface area (Å²) in [5, 5.41) is 14.1. The average molecular weight is 441 g/mol. The molecule has 0 aliphatic rings. The SMILES string of the molecule is Cc1nc2ccccn2c1-c1nnc2sc(COc3ccc(Br)cc3)nn12. The first-order valence-corrected chi connectivity index (χ1v) is 9.83. The number of pyridine rings is 1. The molecule has 0 amide bonds. The number of ether oxygens (including phenoxy) is 1. The van der Waals surface area contributed by atoms with Crippen molar-refractivity contribution < 1.29 is 4.74 Å². The fourth-order valence-electron chi connectivity index (χ4n) is 2.92. The van der Waals surface area contributed by atoms with E-state index in [9.17, 15) is 0 Å². The van der Waals surface area contributed by atoms with Crippen molar-refractivity contribution in [3.8, 4) is 17.3 Å². The topological polar surface area (TPSA) is 69.6 Å². The number of fused-ring (bicyclic) bond motifs is 2. The van der Waals surface area contributed by atoms with Crippen LogP contribution in [0, 0.1) is 6.92 Å². The Balaban J connectivity index is 1.50. The molecule has 5 aromatic rings. The summed E-state index contributed by atoms with van der Waals surface area (Å²) < 4.78 is 10.6. The van der Waals surface area contributed by atoms with Crippen LogP contribution in [0.5, 0.6) is 5.75 Å². The molecule has 0 aliphatic heterocycles. The molecule has 0 aliphatic carbocycles. The van der Waals surface area contributed by atoms with Crippen molar-refractivity contribution in [1.29, 1.82) is 0 Å². The van der Waals surface area contributed by atoms with E-state index in [1.54, 1.807) is 4.52 Å². The Kier molecular flexibility index (Phi) is 3.91. The Bertz CT molecular complexity index is 1260. The van der Waals surface area contributed by atoms with E-state index in [0.29, 0.717) is 12.4 Å². The normalized spacial score (nSPS) is 11.5. The van der Waals surface area contributed by atoms with Crippen LogP contribution in [0.15, 0.2) is 53.1 Å². The maximum Gasteiger partial charge on any atom is 0.235 e. The molecule has 0 unspecified atom stereocenters. The molecule has 27 heavy (non-hydrogen) atoms. The van der Waals surface area contributed by atoms with E-state index in [-0.39, 0.29) is 0 Å². The van der Waals surface area contributed by atoms with E-state index < -0.39 is 0 Å². The molecule has 0 fully saturated rings. The Morgan fingerprint density at radius 3 is 2.81 bits per heavy atom. The number of aromatic nitrogens is 6. The smallest absolute Gasteiger partial charge is 0.235 e. The highest BCUT2D eigenvalue weighted by molar-refractivity contribution is 9.10. The maximum atomic E-state index is 5.82. The highest BCUT2D eigenvalue weighted by Crippen LogP contribution is 2.26. The number of aryl methyl sites for hydroxylation is 1. The van der Waals surface area contributed by atoms with E-state index in [2.05, 4.69) is 36.2 Å². The molecule has 0 atom stereocenters. The van der Waals surface area contributed by atoms with Crippen LogP contribution < -0.4 is 4.74 Å². The molecule has 0 spiro atoms. The standard InChI is InChI=1S/C18H13BrN6OS/c1-11-16(24-9-3-2-4-14(24)20-11)17-21-22-18-25(17)23-15(27-18)10-26-13-7-5-12(19)6-8-13/h2-9H,10H2,1H3. The number of benzene rings is 1. The van der Waals surface area contributed by atoms with Crippen molar-refractivity contribution in [3.05, 3.63) is 63.8 Å². The third kappa shape index (κ3) is 2.88. The van der Waals surface area contributed by atoms with Gasteiger partial charge in [-0.3, -0.25) is 4.40 Å². The fourth-order valence-corrected chi connectivity index (χ4v) is 3.93. The first-order valence-electron chi connectivity index (χ1n) is 8.22. The lowest BCUT2D eigenvalue weighted by atomic mass is 10.3. The fraction of sp³-hybridized carbons (Fsp3) is 0.111. The Labute approximate surface area is 166 Å². The summed E-state index contributed by atoms with van der Waals surface area (Å²) in [5.74, 6) is 1.47. The van der Waals surface area contributed by atoms with E-state index in [1.165, 1.54) is 11.3 Å². The predicted octanol–water partition coefficient (Wildman–Crippen LogP) is 4.15. The van der Waals surface area contributed by atoms with E-state index in [4.69, 9.17) is 4.74 Å². The second-order valence-corrected chi connectivity index (χ2v) is 7.89. The lowest BCUT2D eigenvalue weighted by molar-refractivity contribution is 0.304. The molecule has 4 aromatic heterocycles. The average Bonchev–Trinajstić information content (AvgIpc) is 3.33. The van der Waals surface area contributed by atoms with Crippen molar-refractivity contribution in [2.45, 2.75) is 13.5 Å². The highest BCUT2D eigenvalue weighted by atomic mass is 79.9. The third-order valence-corrected chi connectivity index (χ3v) is 5.53. The highest BCUT2D eigenvalue weighted by Gasteiger charge is 2.19. The van der Waals surface area contributed by atoms with Crippen LogP contribution in [0.3, 0.4) is 0 Å². The molecule has 5 rings (SSSR count). The first kappa shape index (κ1) is 16.4. The van der Waals surface area contributed by atoms with E-state index in [0.717, 1.165) is 37.2 Å². The van der Waals surface area contributed by atoms with E-state index >= 15 is 0 Å². The first-order chi connectivity index (χ1) is 13.2. The van der Waals surface area contributed by atoms with Crippen molar-refractivity contribution in [1.82, 2.24) is 29.2 Å². The van der Waals surface area contributed by atoms with Crippen LogP contribution in [0.2, 0.25) is 0 Å². The third-order valence-electron chi connectivity index (χ3n) is 4.12. The number of rotatable bonds is 4. The van der Waals surface area contributed by atoms with Crippen LogP contribution >= 0.6 is 27.3 Å². The summed E-state index contributed by atoms with van der Waals surface area (Å²) in [4.78, 5) is 5.32. The van der Waals surface area contributed by atoms with Gasteiger partial charge in [0.05, 0.1) is 5.69 Å². The number of halogens is 1. The molecule has 0 saturated carbocycles. The van der Waals surface area contributed by atoms with Gasteiger partial charge in [0.15, 0.2) is 5.01 Å². The summed E-state index contributed by atoms with van der Waals surface area (Å²) in [6.45, 7) is 2.34. The number of nitrogens with zero attached hydrogens (tertiary/aromatic N) is 6. The van der Waals surface area contributed by atoms with Crippen molar-refractivity contribution in [2.24, 2.45) is 0 Å². The second-order valence-electron chi connectivity index (χ2n) is 5.93. The molecule has 7 nitrogen and oxygen atoms in total. The molecule has 1 aromatic carbocycles. The van der Waals surface area contributed by atoms with Gasteiger partial charge in [-0.15, -0.1) is 10.2 Å². The quantitative estimate of drug-likeness (QED) is 0.419. The van der Waals surface area contributed by atoms with Crippen molar-refractivity contribution in [3.63, 3.8) is 0 Å². The number of imidazole rings is 1. The van der Waals surface area contributed by atoms with Crippen molar-refractivity contribution in [2.75, 3.05) is 0 Å². The Hall–Kier alpha value is -2.78. The zero-order chi connectivity index (χ0) is 18.4. The maximum absolute atomic E-state index is 5.82. The summed E-state index contributed by atoms with van der Waals surface area (Å²) in [6, 6.07) is 13.6. The van der Waals surface area contributed by atoms with Gasteiger partial charge in [0, 0.05) is 10.7 Å². The van der Waals surface area contributed by atoms with Gasteiger partial charge in [0.1, 0.15) is 23.7 Å². The van der Waals surface area contributed by atoms with Gasteiger partial charge in [-0.25, -0.2) is 4.98 Å². The van der Waals surface area contributed by atoms with Crippen LogP contribution in [-0.2, 0) is 6.61 Å². The molecule has 0 saturated heterocycles. The largest absolute Gasteiger partial charge is 0.486 e. The molecular formula is C18H13BrN6OS. The van der Waals surface area contributed by atoms with Crippen molar-refractivity contribution >= 4 is 37.9 Å². The monoisotopic (exact) mass is 440 g/mol. The minimum Gasteiger partial charge on any atom is -0.486 e. The predicted molar refractivity (Wildman–Crippen MR) is 106 cm³/mol. The zero-order valence-electron chi connectivity index (χ0n) is 14.2. The number of hydrogen-bond donors (Lipinski definition) is 0. The molecule has 134 valence electrons. The molecule has 9 heteroatoms. The van der Waals surface area contributed by atoms with Gasteiger partial charge < -0.3 is 4.74 Å². The summed E-state index contributed by atoms with van der Waals surface area (Å²) >= 11 is 4.88. The molecule has 0 radical (unpaired) electrons. The van der Waals surface area contributed by atoms with Gasteiger partial charge in [-0.2, -0.15) is 9.61 Å². The van der Waals surface area contributed by atoms with Gasteiger partial charge >= 0.3 is 0 Å². The second kappa shape index (κ2) is 6.43. The van der Waals surface area contributed by atoms with Gasteiger partial charge in [0.25, 0.3) is 0 Å². The minimum atomic E-state index is 0.376. The lowest BCUT2D eigenvalue weighted by Gasteiger charge is -2.03. The van der Waals surface area contributed by atoms with Gasteiger partial charge in [0.2, 0.25) is 10.8 Å². The molecule has 0 bridgehead atoms. The van der Waals surface area contributed by atoms with Crippen LogP contribution in [0.25, 0.3) is 22.1 Å². The van der Waals surface area contributed by atoms with Gasteiger partial charge in [-0.1, -0.05) is 33.3 Å². The van der Waals surface area contributed by atoms with Crippen LogP contribution in [-0.4, -0.2) is 29.2 Å². The molecular weight excluding hydrogens is 428 g/mol. The van der Waals surface area contributed by atoms with Crippen LogP contribution in [0.1, 0.15) is 10.7 Å². The zero-order valence-corrected chi connectivity index (χ0v) is 16.6. The summed E-state index contributed by atoms with van der Waals surface area (Å²) in [7, 11) is 0. The summed E-state index contributed by atoms with van der Waals surface area (Å²) in [5.41, 5.74) is 2.65.